The van der Waals surface area contributed by atoms with E-state index in [4.69, 9.17) is 0 Å². The van der Waals surface area contributed by atoms with Crippen molar-refractivity contribution >= 4 is 57.7 Å². The van der Waals surface area contributed by atoms with Crippen LogP contribution < -0.4 is 0 Å². The molecule has 0 rings (SSSR count). The number of carbonyl (C=O) groups excluding carboxylic acids is 1. The van der Waals surface area contributed by atoms with Crippen molar-refractivity contribution in [3.8, 4) is 0 Å². The van der Waals surface area contributed by atoms with E-state index in [9.17, 15) is 4.79 Å². The Bertz CT molecular complexity index is 73.7. The first kappa shape index (κ1) is 13.9. The van der Waals surface area contributed by atoms with Crippen molar-refractivity contribution in [2.45, 2.75) is 39.5 Å². The van der Waals surface area contributed by atoms with Crippen LogP contribution in [0.5, 0.6) is 0 Å². The van der Waals surface area contributed by atoms with Crippen molar-refractivity contribution in [1.82, 2.24) is 0 Å². The Hall–Kier alpha value is 1.31. The fourth-order valence-corrected chi connectivity index (χ4v) is 0.835. The molecular formula is C8H17KO. The third-order valence-corrected chi connectivity index (χ3v) is 1.65. The molecule has 0 aliphatic rings. The van der Waals surface area contributed by atoms with Crippen molar-refractivity contribution in [3.05, 3.63) is 0 Å². The maximum absolute atomic E-state index is 10.2. The van der Waals surface area contributed by atoms with Gasteiger partial charge in [0.05, 0.1) is 0 Å². The average Bonchev–Trinajstić information content (AvgIpc) is 1.91. The maximum atomic E-state index is 10.2. The molecule has 1 unspecified atom stereocenters. The van der Waals surface area contributed by atoms with E-state index in [-0.39, 0.29) is 51.4 Å². The van der Waals surface area contributed by atoms with Crippen LogP contribution in [-0.4, -0.2) is 57.7 Å². The van der Waals surface area contributed by atoms with Crippen LogP contribution in [0.3, 0.4) is 0 Å². The number of unbranched alkanes of at least 4 members (excludes halogenated alkanes) is 1. The van der Waals surface area contributed by atoms with Gasteiger partial charge in [0, 0.05) is 5.92 Å². The Morgan fingerprint density at radius 2 is 2.00 bits per heavy atom. The van der Waals surface area contributed by atoms with Crippen LogP contribution >= 0.6 is 0 Å². The third-order valence-electron chi connectivity index (χ3n) is 1.65. The van der Waals surface area contributed by atoms with Crippen molar-refractivity contribution in [2.24, 2.45) is 5.92 Å². The molecule has 10 heavy (non-hydrogen) atoms. The molecule has 1 atom stereocenters. The van der Waals surface area contributed by atoms with Gasteiger partial charge >= 0.3 is 51.4 Å². The Labute approximate surface area is 106 Å². The van der Waals surface area contributed by atoms with E-state index in [2.05, 4.69) is 13.8 Å². The summed E-state index contributed by atoms with van der Waals surface area (Å²) in [5.41, 5.74) is 0. The van der Waals surface area contributed by atoms with E-state index in [1.807, 2.05) is 0 Å². The van der Waals surface area contributed by atoms with Gasteiger partial charge in [-0.05, 0) is 12.8 Å². The van der Waals surface area contributed by atoms with Gasteiger partial charge in [0.1, 0.15) is 6.29 Å². The molecule has 0 aromatic rings. The molecule has 0 amide bonds. The fourth-order valence-electron chi connectivity index (χ4n) is 0.835. The first-order valence-corrected chi connectivity index (χ1v) is 3.80. The summed E-state index contributed by atoms with van der Waals surface area (Å²) in [7, 11) is 0. The molecule has 0 aromatic heterocycles. The van der Waals surface area contributed by atoms with Gasteiger partial charge in [0.2, 0.25) is 0 Å². The van der Waals surface area contributed by atoms with Crippen molar-refractivity contribution in [3.63, 3.8) is 0 Å². The second-order valence-corrected chi connectivity index (χ2v) is 2.45. The van der Waals surface area contributed by atoms with Gasteiger partial charge in [0.25, 0.3) is 0 Å². The predicted molar refractivity (Wildman–Crippen MR) is 46.5 cm³/mol. The van der Waals surface area contributed by atoms with E-state index >= 15 is 0 Å². The Balaban J connectivity index is 0. The quantitative estimate of drug-likeness (QED) is 0.451. The summed E-state index contributed by atoms with van der Waals surface area (Å²) in [5, 5.41) is 0. The number of aldehydes is 1. The Morgan fingerprint density at radius 1 is 1.40 bits per heavy atom. The Kier molecular flexibility index (Phi) is 14.3. The van der Waals surface area contributed by atoms with E-state index in [0.29, 0.717) is 5.92 Å². The standard InChI is InChI=1S/C8H16O.K.H/c1-3-5-6-8(4-2)7-9;;/h7-8H,3-6H2,1-2H3;;. The van der Waals surface area contributed by atoms with Crippen molar-refractivity contribution in [1.29, 1.82) is 0 Å². The SMILES string of the molecule is CCCCC(C=O)CC.[KH]. The van der Waals surface area contributed by atoms with Crippen LogP contribution in [0.4, 0.5) is 0 Å². The summed E-state index contributed by atoms with van der Waals surface area (Å²) in [6.07, 6.45) is 5.55. The summed E-state index contributed by atoms with van der Waals surface area (Å²) in [5.74, 6) is 0.324. The summed E-state index contributed by atoms with van der Waals surface area (Å²) in [4.78, 5) is 10.2. The van der Waals surface area contributed by atoms with Crippen molar-refractivity contribution in [2.75, 3.05) is 0 Å². The second kappa shape index (κ2) is 10.3. The van der Waals surface area contributed by atoms with Crippen LogP contribution in [0.15, 0.2) is 0 Å². The van der Waals surface area contributed by atoms with Gasteiger partial charge in [-0.15, -0.1) is 0 Å². The van der Waals surface area contributed by atoms with Crippen LogP contribution in [-0.2, 0) is 4.79 Å². The van der Waals surface area contributed by atoms with Crippen molar-refractivity contribution < 1.29 is 4.79 Å². The third kappa shape index (κ3) is 7.41. The minimum absolute atomic E-state index is 0. The van der Waals surface area contributed by atoms with Gasteiger partial charge in [-0.2, -0.15) is 0 Å². The molecule has 0 radical (unpaired) electrons. The van der Waals surface area contributed by atoms with Gasteiger partial charge in [-0.3, -0.25) is 0 Å². The summed E-state index contributed by atoms with van der Waals surface area (Å²) in [6.45, 7) is 4.21. The topological polar surface area (TPSA) is 17.1 Å². The van der Waals surface area contributed by atoms with E-state index in [1.54, 1.807) is 0 Å². The second-order valence-electron chi connectivity index (χ2n) is 2.45. The van der Waals surface area contributed by atoms with Gasteiger partial charge in [-0.25, -0.2) is 0 Å². The van der Waals surface area contributed by atoms with Crippen LogP contribution in [0.25, 0.3) is 0 Å². The molecule has 0 heterocycles. The zero-order valence-electron chi connectivity index (χ0n) is 6.39. The molecule has 0 N–H and O–H groups in total. The predicted octanol–water partition coefficient (Wildman–Crippen LogP) is 1.75. The molecule has 0 spiro atoms. The van der Waals surface area contributed by atoms with Gasteiger partial charge < -0.3 is 4.79 Å². The fraction of sp³-hybridized carbons (Fsp3) is 0.875. The molecule has 0 aromatic carbocycles. The Morgan fingerprint density at radius 3 is 2.30 bits per heavy atom. The summed E-state index contributed by atoms with van der Waals surface area (Å²) < 4.78 is 0. The molecule has 2 heteroatoms. The van der Waals surface area contributed by atoms with Crippen LogP contribution in [0.1, 0.15) is 39.5 Å². The van der Waals surface area contributed by atoms with E-state index in [1.165, 1.54) is 12.8 Å². The summed E-state index contributed by atoms with van der Waals surface area (Å²) in [6, 6.07) is 0. The number of carbonyl (C=O) groups is 1. The van der Waals surface area contributed by atoms with E-state index < -0.39 is 0 Å². The molecule has 0 aliphatic carbocycles. The minimum atomic E-state index is 0. The zero-order chi connectivity index (χ0) is 7.11. The monoisotopic (exact) mass is 168 g/mol. The van der Waals surface area contributed by atoms with Gasteiger partial charge in [-0.1, -0.05) is 26.7 Å². The molecular weight excluding hydrogens is 151 g/mol. The molecule has 0 saturated heterocycles. The van der Waals surface area contributed by atoms with E-state index in [0.717, 1.165) is 19.1 Å². The zero-order valence-corrected chi connectivity index (χ0v) is 6.39. The van der Waals surface area contributed by atoms with Crippen LogP contribution in [0, 0.1) is 5.92 Å². The number of hydrogen-bond acceptors (Lipinski definition) is 1. The first-order chi connectivity index (χ1) is 4.35. The van der Waals surface area contributed by atoms with Gasteiger partial charge in [0.15, 0.2) is 0 Å². The molecule has 0 aliphatic heterocycles. The molecule has 0 fully saturated rings. The first-order valence-electron chi connectivity index (χ1n) is 3.80. The summed E-state index contributed by atoms with van der Waals surface area (Å²) >= 11 is 0. The molecule has 56 valence electrons. The normalized spacial score (nSPS) is 11.8. The average molecular weight is 168 g/mol. The molecule has 1 nitrogen and oxygen atoms in total. The van der Waals surface area contributed by atoms with Crippen LogP contribution in [0.2, 0.25) is 0 Å². The molecule has 0 saturated carbocycles. The number of hydrogen-bond donors (Lipinski definition) is 0. The molecule has 0 bridgehead atoms. The number of rotatable bonds is 5.